The highest BCUT2D eigenvalue weighted by Crippen LogP contribution is 2.24. The highest BCUT2D eigenvalue weighted by Gasteiger charge is 2.16. The van der Waals surface area contributed by atoms with Gasteiger partial charge < -0.3 is 0 Å². The smallest absolute Gasteiger partial charge is 0.258 e. The summed E-state index contributed by atoms with van der Waals surface area (Å²) >= 11 is 3.22. The molecule has 0 saturated carbocycles. The summed E-state index contributed by atoms with van der Waals surface area (Å²) in [7, 11) is 0. The van der Waals surface area contributed by atoms with Crippen LogP contribution in [0.25, 0.3) is 10.9 Å². The Morgan fingerprint density at radius 3 is 2.80 bits per heavy atom. The first-order valence-electron chi connectivity index (χ1n) is 3.98. The number of pyridine rings is 1. The van der Waals surface area contributed by atoms with E-state index in [1.807, 2.05) is 0 Å². The summed E-state index contributed by atoms with van der Waals surface area (Å²) in [6.07, 6.45) is 0. The van der Waals surface area contributed by atoms with Crippen molar-refractivity contribution in [1.29, 1.82) is 0 Å². The lowest BCUT2D eigenvalue weighted by atomic mass is 10.2. The molecule has 0 spiro atoms. The van der Waals surface area contributed by atoms with Gasteiger partial charge >= 0.3 is 5.69 Å². The first-order valence-corrected chi connectivity index (χ1v) is 4.77. The molecule has 4 nitrogen and oxygen atoms in total. The number of benzene rings is 1. The fourth-order valence-electron chi connectivity index (χ4n) is 1.24. The number of rotatable bonds is 1. The van der Waals surface area contributed by atoms with Gasteiger partial charge in [0.2, 0.25) is 0 Å². The van der Waals surface area contributed by atoms with Crippen molar-refractivity contribution >= 4 is 32.5 Å². The summed E-state index contributed by atoms with van der Waals surface area (Å²) in [5, 5.41) is 11.0. The van der Waals surface area contributed by atoms with Crippen molar-refractivity contribution in [3.63, 3.8) is 0 Å². The van der Waals surface area contributed by atoms with Gasteiger partial charge in [0.15, 0.2) is 0 Å². The number of aromatic nitrogens is 1. The van der Waals surface area contributed by atoms with Crippen LogP contribution in [0.3, 0.4) is 0 Å². The lowest BCUT2D eigenvalue weighted by molar-refractivity contribution is -0.387. The second-order valence-electron chi connectivity index (χ2n) is 2.89. The third-order valence-electron chi connectivity index (χ3n) is 1.91. The molecule has 0 aliphatic heterocycles. The fraction of sp³-hybridized carbons (Fsp3) is 0. The van der Waals surface area contributed by atoms with Gasteiger partial charge in [0, 0.05) is 15.9 Å². The zero-order valence-electron chi connectivity index (χ0n) is 7.28. The molecule has 2 rings (SSSR count). The molecule has 15 heavy (non-hydrogen) atoms. The molecule has 0 radical (unpaired) electrons. The minimum Gasteiger partial charge on any atom is -0.258 e. The van der Waals surface area contributed by atoms with E-state index >= 15 is 0 Å². The molecule has 0 bridgehead atoms. The second-order valence-corrected chi connectivity index (χ2v) is 3.81. The Kier molecular flexibility index (Phi) is 2.36. The van der Waals surface area contributed by atoms with E-state index in [0.29, 0.717) is 10.9 Å². The molecule has 0 atom stereocenters. The molecule has 0 N–H and O–H groups in total. The fourth-order valence-corrected chi connectivity index (χ4v) is 1.62. The Hall–Kier alpha value is -1.56. The van der Waals surface area contributed by atoms with Crippen LogP contribution in [-0.2, 0) is 0 Å². The van der Waals surface area contributed by atoms with E-state index in [2.05, 4.69) is 20.9 Å². The van der Waals surface area contributed by atoms with Crippen LogP contribution in [0, 0.1) is 16.1 Å². The van der Waals surface area contributed by atoms with Gasteiger partial charge in [-0.1, -0.05) is 15.9 Å². The Morgan fingerprint density at radius 2 is 2.13 bits per heavy atom. The Labute approximate surface area is 92.0 Å². The van der Waals surface area contributed by atoms with Gasteiger partial charge in [0.25, 0.3) is 5.95 Å². The van der Waals surface area contributed by atoms with Gasteiger partial charge in [-0.2, -0.15) is 4.39 Å². The lowest BCUT2D eigenvalue weighted by Gasteiger charge is -1.98. The molecule has 0 amide bonds. The van der Waals surface area contributed by atoms with Crippen LogP contribution in [0.2, 0.25) is 0 Å². The lowest BCUT2D eigenvalue weighted by Crippen LogP contribution is -1.95. The molecule has 1 aromatic heterocycles. The Bertz CT molecular complexity index is 559. The second kappa shape index (κ2) is 3.54. The minimum atomic E-state index is -1.06. The summed E-state index contributed by atoms with van der Waals surface area (Å²) in [6.45, 7) is 0. The first kappa shape index (κ1) is 9.97. The van der Waals surface area contributed by atoms with E-state index in [0.717, 1.165) is 4.47 Å². The maximum absolute atomic E-state index is 13.1. The number of halogens is 2. The number of fused-ring (bicyclic) bond motifs is 1. The van der Waals surface area contributed by atoms with Gasteiger partial charge in [0.1, 0.15) is 0 Å². The highest BCUT2D eigenvalue weighted by molar-refractivity contribution is 9.10. The number of hydrogen-bond acceptors (Lipinski definition) is 3. The number of nitro groups is 1. The topological polar surface area (TPSA) is 56.0 Å². The van der Waals surface area contributed by atoms with Crippen LogP contribution in [0.5, 0.6) is 0 Å². The Balaban J connectivity index is 2.77. The van der Waals surface area contributed by atoms with Crippen LogP contribution < -0.4 is 0 Å². The molecule has 0 aliphatic rings. The standard InChI is InChI=1S/C9H4BrFN2O2/c10-6-1-2-7-5(3-6)4-8(13(14)15)9(11)12-7/h1-4H. The SMILES string of the molecule is O=[N+]([O-])c1cc2cc(Br)ccc2nc1F. The van der Waals surface area contributed by atoms with E-state index in [4.69, 9.17) is 0 Å². The highest BCUT2D eigenvalue weighted by atomic mass is 79.9. The van der Waals surface area contributed by atoms with Gasteiger partial charge in [-0.15, -0.1) is 0 Å². The first-order chi connectivity index (χ1) is 7.08. The van der Waals surface area contributed by atoms with Crippen LogP contribution in [0.15, 0.2) is 28.7 Å². The molecule has 2 aromatic rings. The average molecular weight is 271 g/mol. The van der Waals surface area contributed by atoms with Crippen molar-refractivity contribution in [1.82, 2.24) is 4.98 Å². The van der Waals surface area contributed by atoms with Gasteiger partial charge in [0.05, 0.1) is 10.4 Å². The van der Waals surface area contributed by atoms with Gasteiger partial charge in [-0.05, 0) is 18.2 Å². The average Bonchev–Trinajstić information content (AvgIpc) is 2.17. The summed E-state index contributed by atoms with van der Waals surface area (Å²) in [4.78, 5) is 13.2. The summed E-state index contributed by atoms with van der Waals surface area (Å²) in [5.41, 5.74) is -0.220. The predicted molar refractivity (Wildman–Crippen MR) is 56.1 cm³/mol. The molecule has 0 saturated heterocycles. The zero-order chi connectivity index (χ0) is 11.0. The third-order valence-corrected chi connectivity index (χ3v) is 2.40. The predicted octanol–water partition coefficient (Wildman–Crippen LogP) is 3.04. The van der Waals surface area contributed by atoms with Crippen LogP contribution in [0.1, 0.15) is 0 Å². The normalized spacial score (nSPS) is 10.5. The van der Waals surface area contributed by atoms with Crippen molar-refractivity contribution in [2.45, 2.75) is 0 Å². The number of nitrogens with zero attached hydrogens (tertiary/aromatic N) is 2. The van der Waals surface area contributed by atoms with Crippen molar-refractivity contribution in [2.75, 3.05) is 0 Å². The summed E-state index contributed by atoms with van der Waals surface area (Å²) < 4.78 is 13.9. The minimum absolute atomic E-state index is 0.390. The quantitative estimate of drug-likeness (QED) is 0.455. The van der Waals surface area contributed by atoms with Crippen molar-refractivity contribution in [3.8, 4) is 0 Å². The van der Waals surface area contributed by atoms with E-state index in [1.54, 1.807) is 18.2 Å². The molecular weight excluding hydrogens is 267 g/mol. The van der Waals surface area contributed by atoms with Crippen LogP contribution in [-0.4, -0.2) is 9.91 Å². The molecule has 76 valence electrons. The Morgan fingerprint density at radius 1 is 1.40 bits per heavy atom. The van der Waals surface area contributed by atoms with Crippen LogP contribution in [0.4, 0.5) is 10.1 Å². The van der Waals surface area contributed by atoms with E-state index in [1.165, 1.54) is 6.07 Å². The molecule has 0 fully saturated rings. The third kappa shape index (κ3) is 1.80. The molecule has 6 heteroatoms. The maximum Gasteiger partial charge on any atom is 0.324 e. The van der Waals surface area contributed by atoms with E-state index < -0.39 is 16.6 Å². The van der Waals surface area contributed by atoms with Crippen LogP contribution >= 0.6 is 15.9 Å². The van der Waals surface area contributed by atoms with Crippen molar-refractivity contribution in [2.24, 2.45) is 0 Å². The summed E-state index contributed by atoms with van der Waals surface area (Å²) in [6, 6.07) is 6.10. The number of hydrogen-bond donors (Lipinski definition) is 0. The van der Waals surface area contributed by atoms with Gasteiger partial charge in [-0.25, -0.2) is 4.98 Å². The van der Waals surface area contributed by atoms with Crippen molar-refractivity contribution in [3.05, 3.63) is 44.8 Å². The van der Waals surface area contributed by atoms with Crippen molar-refractivity contribution < 1.29 is 9.31 Å². The molecular formula is C9H4BrFN2O2. The summed E-state index contributed by atoms with van der Waals surface area (Å²) in [5.74, 6) is -1.06. The molecule has 0 unspecified atom stereocenters. The maximum atomic E-state index is 13.1. The zero-order valence-corrected chi connectivity index (χ0v) is 8.86. The molecule has 1 aromatic carbocycles. The van der Waals surface area contributed by atoms with E-state index in [-0.39, 0.29) is 0 Å². The van der Waals surface area contributed by atoms with Gasteiger partial charge in [-0.3, -0.25) is 10.1 Å². The monoisotopic (exact) mass is 270 g/mol. The molecule has 0 aliphatic carbocycles. The van der Waals surface area contributed by atoms with E-state index in [9.17, 15) is 14.5 Å². The molecule has 1 heterocycles. The largest absolute Gasteiger partial charge is 0.324 e.